The van der Waals surface area contributed by atoms with Crippen LogP contribution in [0.25, 0.3) is 33.5 Å². The van der Waals surface area contributed by atoms with Gasteiger partial charge in [0.15, 0.2) is 5.82 Å². The van der Waals surface area contributed by atoms with Gasteiger partial charge in [-0.1, -0.05) is 46.5 Å². The third-order valence-electron chi connectivity index (χ3n) is 14.1. The lowest BCUT2D eigenvalue weighted by Gasteiger charge is -2.35. The van der Waals surface area contributed by atoms with E-state index in [1.165, 1.54) is 24.3 Å². The molecular formula is C48H65F2N7O4. The minimum atomic E-state index is -0.630. The molecule has 6 atom stereocenters. The first-order valence-corrected chi connectivity index (χ1v) is 23.0. The molecule has 0 bridgehead atoms. The van der Waals surface area contributed by atoms with E-state index >= 15 is 0 Å². The predicted octanol–water partition coefficient (Wildman–Crippen LogP) is 8.08. The van der Waals surface area contributed by atoms with Crippen LogP contribution in [-0.4, -0.2) is 92.1 Å². The van der Waals surface area contributed by atoms with Gasteiger partial charge < -0.3 is 30.0 Å². The summed E-state index contributed by atoms with van der Waals surface area (Å²) < 4.78 is 31.8. The van der Waals surface area contributed by atoms with Crippen LogP contribution in [-0.2, 0) is 32.1 Å². The van der Waals surface area contributed by atoms with Gasteiger partial charge in [-0.3, -0.25) is 19.2 Å². The zero-order valence-electron chi connectivity index (χ0n) is 36.7. The number of imidazole rings is 1. The summed E-state index contributed by atoms with van der Waals surface area (Å²) >= 11 is 0. The van der Waals surface area contributed by atoms with E-state index in [2.05, 4.69) is 15.6 Å². The zero-order chi connectivity index (χ0) is 43.4. The van der Waals surface area contributed by atoms with E-state index in [-0.39, 0.29) is 65.8 Å². The summed E-state index contributed by atoms with van der Waals surface area (Å²) in [5.74, 6) is -0.801. The maximum absolute atomic E-state index is 14.9. The van der Waals surface area contributed by atoms with Gasteiger partial charge in [-0.15, -0.1) is 0 Å². The fraction of sp³-hybridized carbons (Fsp3) is 0.604. The van der Waals surface area contributed by atoms with E-state index in [4.69, 9.17) is 4.98 Å². The maximum Gasteiger partial charge on any atom is 0.245 e. The van der Waals surface area contributed by atoms with Crippen molar-refractivity contribution in [3.05, 3.63) is 53.6 Å². The molecule has 11 nitrogen and oxygen atoms in total. The number of carbonyl (C=O) groups excluding carboxylic acids is 4. The number of fused-ring (bicyclic) bond motifs is 2. The Bertz CT molecular complexity index is 2210. The number of aromatic amines is 1. The molecule has 3 amide bonds. The van der Waals surface area contributed by atoms with Crippen LogP contribution in [0.4, 0.5) is 8.78 Å². The summed E-state index contributed by atoms with van der Waals surface area (Å²) in [6.07, 6.45) is 11.0. The number of benzene rings is 2. The topological polar surface area (TPSA) is 132 Å². The van der Waals surface area contributed by atoms with E-state index in [1.807, 2.05) is 42.1 Å². The van der Waals surface area contributed by atoms with E-state index in [0.717, 1.165) is 75.2 Å². The molecular weight excluding hydrogens is 777 g/mol. The largest absolute Gasteiger partial charge is 0.352 e. The molecule has 4 aromatic rings. The Morgan fingerprint density at radius 3 is 2.26 bits per heavy atom. The third-order valence-corrected chi connectivity index (χ3v) is 14.1. The second-order valence-electron chi connectivity index (χ2n) is 18.1. The van der Waals surface area contributed by atoms with Crippen molar-refractivity contribution in [2.45, 2.75) is 148 Å². The van der Waals surface area contributed by atoms with E-state index < -0.39 is 17.7 Å². The highest BCUT2D eigenvalue weighted by molar-refractivity contribution is 5.93. The number of rotatable bonds is 17. The number of hydrogen-bond acceptors (Lipinski definition) is 6. The minimum absolute atomic E-state index is 0.0499. The van der Waals surface area contributed by atoms with Gasteiger partial charge in [0.1, 0.15) is 23.5 Å². The molecule has 61 heavy (non-hydrogen) atoms. The van der Waals surface area contributed by atoms with Crippen molar-refractivity contribution >= 4 is 45.4 Å². The monoisotopic (exact) mass is 842 g/mol. The standard InChI is InChI=1S/C48H65F2N7O4/c1-6-13-39(54-46(59)29(3)7-2)48(61)56-23-12-17-35(56)28-57-42-21-19-33(50)25-41(42)53-45(57)44-38(36-20-18-32(49)24-40(36)52-44)26-34-16-11-22-55(34)47(60)37(27-43(58)30(4)51-5)31-14-9-8-10-15-31/h18-21,24-25,29-31,34-35,37,39,51-52H,6-17,22-23,26-28H2,1-5H3,(H,54,59)/t29-,30+,34+,35+,37+,39+/m1/s1. The van der Waals surface area contributed by atoms with E-state index in [1.54, 1.807) is 19.2 Å². The number of hydrogen-bond donors (Lipinski definition) is 3. The Hall–Kier alpha value is -4.65. The van der Waals surface area contributed by atoms with E-state index in [0.29, 0.717) is 67.0 Å². The number of Topliss-reactive ketones (excluding diaryl/α,β-unsaturated/α-hetero) is 1. The van der Waals surface area contributed by atoms with Crippen LogP contribution in [0.5, 0.6) is 0 Å². The summed E-state index contributed by atoms with van der Waals surface area (Å²) in [5.41, 5.74) is 3.31. The average Bonchev–Trinajstić information content (AvgIpc) is 4.07. The Labute approximate surface area is 358 Å². The molecule has 7 rings (SSSR count). The lowest BCUT2D eigenvalue weighted by Crippen LogP contribution is -2.51. The Kier molecular flexibility index (Phi) is 14.3. The molecule has 13 heteroatoms. The first kappa shape index (κ1) is 44.4. The van der Waals surface area contributed by atoms with Crippen LogP contribution in [0.15, 0.2) is 36.4 Å². The summed E-state index contributed by atoms with van der Waals surface area (Å²) in [6, 6.07) is 7.90. The van der Waals surface area contributed by atoms with Crippen molar-refractivity contribution in [2.24, 2.45) is 17.8 Å². The van der Waals surface area contributed by atoms with Gasteiger partial charge in [0.05, 0.1) is 22.8 Å². The smallest absolute Gasteiger partial charge is 0.245 e. The summed E-state index contributed by atoms with van der Waals surface area (Å²) in [6.45, 7) is 9.23. The van der Waals surface area contributed by atoms with Gasteiger partial charge in [-0.05, 0) is 114 Å². The number of carbonyl (C=O) groups is 4. The van der Waals surface area contributed by atoms with Crippen LogP contribution in [0.1, 0.15) is 117 Å². The molecule has 1 saturated carbocycles. The number of nitrogens with zero attached hydrogens (tertiary/aromatic N) is 4. The predicted molar refractivity (Wildman–Crippen MR) is 235 cm³/mol. The maximum atomic E-state index is 14.9. The molecule has 2 aromatic carbocycles. The van der Waals surface area contributed by atoms with E-state index in [9.17, 15) is 28.0 Å². The summed E-state index contributed by atoms with van der Waals surface area (Å²) in [5, 5.41) is 6.92. The molecule has 3 N–H and O–H groups in total. The van der Waals surface area contributed by atoms with Gasteiger partial charge in [-0.25, -0.2) is 13.8 Å². The van der Waals surface area contributed by atoms with Crippen molar-refractivity contribution in [1.82, 2.24) is 35.0 Å². The number of halogens is 2. The van der Waals surface area contributed by atoms with Crippen LogP contribution < -0.4 is 10.6 Å². The van der Waals surface area contributed by atoms with Crippen molar-refractivity contribution in [1.29, 1.82) is 0 Å². The molecule has 0 radical (unpaired) electrons. The van der Waals surface area contributed by atoms with Crippen LogP contribution in [0, 0.1) is 29.4 Å². The first-order chi connectivity index (χ1) is 29.4. The van der Waals surface area contributed by atoms with Gasteiger partial charge in [0, 0.05) is 66.9 Å². The molecule has 2 aromatic heterocycles. The quantitative estimate of drug-likeness (QED) is 0.0986. The third kappa shape index (κ3) is 9.56. The Balaban J connectivity index is 1.24. The molecule has 2 saturated heterocycles. The lowest BCUT2D eigenvalue weighted by atomic mass is 9.76. The van der Waals surface area contributed by atoms with Crippen molar-refractivity contribution in [2.75, 3.05) is 20.1 Å². The number of H-pyrrole nitrogens is 1. The van der Waals surface area contributed by atoms with Crippen molar-refractivity contribution in [3.63, 3.8) is 0 Å². The number of likely N-dealkylation sites (tertiary alicyclic amines) is 2. The number of amides is 3. The van der Waals surface area contributed by atoms with Crippen LogP contribution in [0.3, 0.4) is 0 Å². The average molecular weight is 842 g/mol. The fourth-order valence-corrected chi connectivity index (χ4v) is 10.2. The molecule has 330 valence electrons. The molecule has 2 aliphatic heterocycles. The van der Waals surface area contributed by atoms with Gasteiger partial charge in [0.25, 0.3) is 0 Å². The fourth-order valence-electron chi connectivity index (χ4n) is 10.2. The molecule has 0 unspecified atom stereocenters. The second-order valence-corrected chi connectivity index (χ2v) is 18.1. The van der Waals surface area contributed by atoms with Gasteiger partial charge in [-0.2, -0.15) is 0 Å². The highest BCUT2D eigenvalue weighted by Crippen LogP contribution is 2.39. The molecule has 4 heterocycles. The summed E-state index contributed by atoms with van der Waals surface area (Å²) in [7, 11) is 1.77. The Morgan fingerprint density at radius 1 is 0.869 bits per heavy atom. The molecule has 3 aliphatic rings. The van der Waals surface area contributed by atoms with Crippen molar-refractivity contribution in [3.8, 4) is 11.5 Å². The number of ketones is 1. The highest BCUT2D eigenvalue weighted by Gasteiger charge is 2.40. The normalized spacial score (nSPS) is 20.6. The highest BCUT2D eigenvalue weighted by atomic mass is 19.1. The second kappa shape index (κ2) is 19.6. The van der Waals surface area contributed by atoms with Gasteiger partial charge >= 0.3 is 0 Å². The molecule has 3 fully saturated rings. The minimum Gasteiger partial charge on any atom is -0.352 e. The SMILES string of the molecule is CCC[C@H](NC(=O)[C@H](C)CC)C(=O)N1CCC[C@H]1Cn1c(-c2[nH]c3cc(F)ccc3c2C[C@@H]2CCCN2C(=O)[C@@H](CC(=O)[C@H](C)NC)C2CCCCC2)nc2cc(F)ccc21. The van der Waals surface area contributed by atoms with Gasteiger partial charge in [0.2, 0.25) is 17.7 Å². The summed E-state index contributed by atoms with van der Waals surface area (Å²) in [4.78, 5) is 67.9. The number of nitrogens with one attached hydrogen (secondary N) is 3. The Morgan fingerprint density at radius 2 is 1.56 bits per heavy atom. The number of likely N-dealkylation sites (N-methyl/N-ethyl adjacent to an activating group) is 1. The van der Waals surface area contributed by atoms with Crippen molar-refractivity contribution < 1.29 is 28.0 Å². The van der Waals surface area contributed by atoms with Crippen LogP contribution >= 0.6 is 0 Å². The molecule has 1 aliphatic carbocycles. The van der Waals surface area contributed by atoms with Crippen LogP contribution in [0.2, 0.25) is 0 Å². The molecule has 0 spiro atoms. The number of aromatic nitrogens is 3. The zero-order valence-corrected chi connectivity index (χ0v) is 36.7. The first-order valence-electron chi connectivity index (χ1n) is 23.0. The lowest BCUT2D eigenvalue weighted by molar-refractivity contribution is -0.141.